The molecule has 25 heavy (non-hydrogen) atoms. The van der Waals surface area contributed by atoms with E-state index in [-0.39, 0.29) is 16.7 Å². The van der Waals surface area contributed by atoms with Crippen LogP contribution in [0.1, 0.15) is 44.8 Å². The molecule has 128 valence electrons. The molecule has 0 amide bonds. The van der Waals surface area contributed by atoms with Crippen molar-refractivity contribution in [3.63, 3.8) is 0 Å². The van der Waals surface area contributed by atoms with Gasteiger partial charge in [-0.15, -0.1) is 0 Å². The molecule has 1 aliphatic carbocycles. The van der Waals surface area contributed by atoms with Crippen molar-refractivity contribution in [2.24, 2.45) is 5.92 Å². The highest BCUT2D eigenvalue weighted by atomic mass is 19.4. The third-order valence-corrected chi connectivity index (χ3v) is 4.28. The highest BCUT2D eigenvalue weighted by Gasteiger charge is 2.44. The molecule has 4 nitrogen and oxygen atoms in total. The molecule has 0 spiro atoms. The number of Topliss-reactive ketones (excluding diaryl/α,β-unsaturated/α-hetero) is 1. The molecular weight excluding hydrogens is 335 g/mol. The van der Waals surface area contributed by atoms with Crippen molar-refractivity contribution in [3.05, 3.63) is 70.3 Å². The number of rotatable bonds is 2. The number of carbonyl (C=O) groups excluding carboxylic acids is 1. The van der Waals surface area contributed by atoms with Gasteiger partial charge in [-0.1, -0.05) is 24.3 Å². The lowest BCUT2D eigenvalue weighted by atomic mass is 9.89. The average Bonchev–Trinajstić information content (AvgIpc) is 2.84. The van der Waals surface area contributed by atoms with Crippen LogP contribution in [-0.4, -0.2) is 16.0 Å². The van der Waals surface area contributed by atoms with Gasteiger partial charge in [0.15, 0.2) is 5.78 Å². The number of aliphatic hydroxyl groups is 2. The second-order valence-electron chi connectivity index (χ2n) is 5.82. The number of alkyl halides is 3. The lowest BCUT2D eigenvalue weighted by Gasteiger charge is -2.22. The summed E-state index contributed by atoms with van der Waals surface area (Å²) in [5.74, 6) is -1.88. The Labute approximate surface area is 140 Å². The second-order valence-corrected chi connectivity index (χ2v) is 5.82. The summed E-state index contributed by atoms with van der Waals surface area (Å²) in [6.07, 6.45) is -7.72. The molecule has 3 rings (SSSR count). The molecule has 0 heterocycles. The molecular formula is C18H12F3NO3. The van der Waals surface area contributed by atoms with Crippen molar-refractivity contribution in [2.75, 3.05) is 0 Å². The Bertz CT molecular complexity index is 886. The Kier molecular flexibility index (Phi) is 4.11. The number of aliphatic hydroxyl groups excluding tert-OH is 2. The number of fused-ring (bicyclic) bond motifs is 1. The zero-order valence-corrected chi connectivity index (χ0v) is 12.7. The minimum Gasteiger partial charge on any atom is -0.388 e. The van der Waals surface area contributed by atoms with Crippen LogP contribution in [0.15, 0.2) is 42.5 Å². The lowest BCUT2D eigenvalue weighted by Crippen LogP contribution is -2.23. The van der Waals surface area contributed by atoms with Crippen LogP contribution in [0.3, 0.4) is 0 Å². The number of ketones is 1. The number of carbonyl (C=O) groups is 1. The van der Waals surface area contributed by atoms with Crippen LogP contribution in [0.4, 0.5) is 13.2 Å². The first-order valence-electron chi connectivity index (χ1n) is 7.35. The Hall–Kier alpha value is -2.69. The molecule has 0 radical (unpaired) electrons. The summed E-state index contributed by atoms with van der Waals surface area (Å²) >= 11 is 0. The van der Waals surface area contributed by atoms with Crippen molar-refractivity contribution < 1.29 is 28.2 Å². The highest BCUT2D eigenvalue weighted by Crippen LogP contribution is 2.43. The van der Waals surface area contributed by atoms with Crippen LogP contribution in [-0.2, 0) is 6.18 Å². The van der Waals surface area contributed by atoms with E-state index >= 15 is 0 Å². The number of nitrogens with zero attached hydrogens (tertiary/aromatic N) is 1. The summed E-state index contributed by atoms with van der Waals surface area (Å²) in [6.45, 7) is 0. The van der Waals surface area contributed by atoms with Crippen LogP contribution < -0.4 is 0 Å². The first kappa shape index (κ1) is 17.1. The Balaban J connectivity index is 2.04. The quantitative estimate of drug-likeness (QED) is 0.874. The summed E-state index contributed by atoms with van der Waals surface area (Å²) in [5, 5.41) is 29.7. The molecule has 0 fully saturated rings. The molecule has 3 atom stereocenters. The van der Waals surface area contributed by atoms with Crippen molar-refractivity contribution in [2.45, 2.75) is 18.4 Å². The van der Waals surface area contributed by atoms with Gasteiger partial charge in [-0.2, -0.15) is 18.4 Å². The fourth-order valence-electron chi connectivity index (χ4n) is 3.07. The minimum atomic E-state index is -4.71. The molecule has 2 aromatic carbocycles. The Morgan fingerprint density at radius 2 is 1.84 bits per heavy atom. The number of hydrogen-bond acceptors (Lipinski definition) is 4. The largest absolute Gasteiger partial charge is 0.416 e. The van der Waals surface area contributed by atoms with Crippen molar-refractivity contribution in [3.8, 4) is 6.07 Å². The van der Waals surface area contributed by atoms with E-state index in [0.29, 0.717) is 17.7 Å². The summed E-state index contributed by atoms with van der Waals surface area (Å²) in [5.41, 5.74) is -1.08. The molecule has 3 unspecified atom stereocenters. The van der Waals surface area contributed by atoms with Gasteiger partial charge in [0.25, 0.3) is 0 Å². The van der Waals surface area contributed by atoms with E-state index in [1.165, 1.54) is 12.1 Å². The molecule has 0 bridgehead atoms. The van der Waals surface area contributed by atoms with Gasteiger partial charge in [0.2, 0.25) is 0 Å². The molecule has 0 aromatic heterocycles. The fourth-order valence-corrected chi connectivity index (χ4v) is 3.07. The van der Waals surface area contributed by atoms with E-state index in [1.54, 1.807) is 18.2 Å². The topological polar surface area (TPSA) is 81.3 Å². The number of halogens is 3. The Morgan fingerprint density at radius 3 is 2.44 bits per heavy atom. The maximum Gasteiger partial charge on any atom is 0.416 e. The number of nitriles is 1. The summed E-state index contributed by atoms with van der Waals surface area (Å²) < 4.78 is 39.0. The van der Waals surface area contributed by atoms with Gasteiger partial charge >= 0.3 is 6.18 Å². The lowest BCUT2D eigenvalue weighted by molar-refractivity contribution is -0.137. The van der Waals surface area contributed by atoms with Gasteiger partial charge in [0.05, 0.1) is 35.3 Å². The molecule has 2 aromatic rings. The molecule has 1 aliphatic rings. The molecule has 2 N–H and O–H groups in total. The average molecular weight is 347 g/mol. The van der Waals surface area contributed by atoms with Crippen molar-refractivity contribution >= 4 is 5.78 Å². The molecule has 0 aliphatic heterocycles. The summed E-state index contributed by atoms with van der Waals surface area (Å²) in [6, 6.07) is 10.3. The van der Waals surface area contributed by atoms with E-state index in [1.807, 2.05) is 0 Å². The van der Waals surface area contributed by atoms with Crippen molar-refractivity contribution in [1.29, 1.82) is 5.26 Å². The maximum absolute atomic E-state index is 13.0. The molecule has 0 saturated carbocycles. The van der Waals surface area contributed by atoms with E-state index < -0.39 is 35.6 Å². The zero-order valence-electron chi connectivity index (χ0n) is 12.7. The van der Waals surface area contributed by atoms with Crippen LogP contribution in [0.25, 0.3) is 0 Å². The van der Waals surface area contributed by atoms with Crippen LogP contribution in [0.5, 0.6) is 0 Å². The third-order valence-electron chi connectivity index (χ3n) is 4.28. The van der Waals surface area contributed by atoms with E-state index in [0.717, 1.165) is 6.07 Å². The first-order valence-corrected chi connectivity index (χ1v) is 7.35. The zero-order chi connectivity index (χ0) is 18.4. The smallest absolute Gasteiger partial charge is 0.388 e. The minimum absolute atomic E-state index is 0.228. The van der Waals surface area contributed by atoms with E-state index in [4.69, 9.17) is 5.26 Å². The number of hydrogen-bond donors (Lipinski definition) is 2. The summed E-state index contributed by atoms with van der Waals surface area (Å²) in [4.78, 5) is 12.5. The number of benzene rings is 2. The first-order chi connectivity index (χ1) is 11.7. The second kappa shape index (κ2) is 5.99. The van der Waals surface area contributed by atoms with Crippen molar-refractivity contribution in [1.82, 2.24) is 0 Å². The van der Waals surface area contributed by atoms with Crippen LogP contribution in [0, 0.1) is 17.2 Å². The monoisotopic (exact) mass is 347 g/mol. The van der Waals surface area contributed by atoms with Gasteiger partial charge in [0.1, 0.15) is 0 Å². The summed E-state index contributed by atoms with van der Waals surface area (Å²) in [7, 11) is 0. The maximum atomic E-state index is 13.0. The van der Waals surface area contributed by atoms with Crippen LogP contribution >= 0.6 is 0 Å². The normalized spacial score (nSPS) is 20.9. The molecule has 7 heteroatoms. The third kappa shape index (κ3) is 2.90. The fraction of sp³-hybridized carbons (Fsp3) is 0.222. The SMILES string of the molecule is N#Cc1cc(C(O)C2C(=O)c3ccccc3C2O)cc(C(F)(F)F)c1. The predicted molar refractivity (Wildman–Crippen MR) is 80.3 cm³/mol. The highest BCUT2D eigenvalue weighted by molar-refractivity contribution is 6.03. The van der Waals surface area contributed by atoms with Gasteiger partial charge in [-0.05, 0) is 29.3 Å². The van der Waals surface area contributed by atoms with Gasteiger partial charge < -0.3 is 10.2 Å². The van der Waals surface area contributed by atoms with Gasteiger partial charge in [-0.25, -0.2) is 0 Å². The van der Waals surface area contributed by atoms with E-state index in [2.05, 4.69) is 0 Å². The predicted octanol–water partition coefficient (Wildman–Crippen LogP) is 3.16. The van der Waals surface area contributed by atoms with Crippen LogP contribution in [0.2, 0.25) is 0 Å². The van der Waals surface area contributed by atoms with E-state index in [9.17, 15) is 28.2 Å². The van der Waals surface area contributed by atoms with Gasteiger partial charge in [0, 0.05) is 5.56 Å². The standard InChI is InChI=1S/C18H12F3NO3/c19-18(20,21)11-6-9(8-22)5-10(7-11)15(23)14-16(24)12-3-1-2-4-13(12)17(14)25/h1-7,14-16,23-24H. The molecule has 0 saturated heterocycles. The Morgan fingerprint density at radius 1 is 1.16 bits per heavy atom. The van der Waals surface area contributed by atoms with Gasteiger partial charge in [-0.3, -0.25) is 4.79 Å².